The molecule has 3 rings (SSSR count). The van der Waals surface area contributed by atoms with E-state index in [2.05, 4.69) is 31.0 Å². The van der Waals surface area contributed by atoms with E-state index in [9.17, 15) is 14.7 Å². The van der Waals surface area contributed by atoms with Gasteiger partial charge in [-0.25, -0.2) is 0 Å². The summed E-state index contributed by atoms with van der Waals surface area (Å²) in [6.07, 6.45) is 4.32. The van der Waals surface area contributed by atoms with Gasteiger partial charge in [0.15, 0.2) is 0 Å². The van der Waals surface area contributed by atoms with Crippen LogP contribution in [-0.4, -0.2) is 78.7 Å². The number of nitrogens with zero attached hydrogens (tertiary/aromatic N) is 2. The first kappa shape index (κ1) is 24.5. The smallest absolute Gasteiger partial charge is 0.255 e. The number of nitrogens with one attached hydrogen (secondary N) is 1. The van der Waals surface area contributed by atoms with Crippen molar-refractivity contribution in [1.82, 2.24) is 15.1 Å². The van der Waals surface area contributed by atoms with Crippen LogP contribution in [0.5, 0.6) is 5.75 Å². The number of ether oxygens (including phenoxy) is 1. The number of methoxy groups -OCH3 is 1. The standard InChI is InChI=1S/C25H39N3O4/c1-25(2,3)18-9-10-21(29)19(16-18)24(31)26-20-11-15-27(17-22(20)32-4)12-7-8-23(30)28-13-5-6-14-28/h9-10,16,20,22,29H,5-8,11-15,17H2,1-4H3,(H,26,31). The van der Waals surface area contributed by atoms with Crippen molar-refractivity contribution < 1.29 is 19.4 Å². The van der Waals surface area contributed by atoms with E-state index in [0.717, 1.165) is 57.4 Å². The quantitative estimate of drug-likeness (QED) is 0.674. The monoisotopic (exact) mass is 445 g/mol. The lowest BCUT2D eigenvalue weighted by Crippen LogP contribution is -2.55. The molecular weight excluding hydrogens is 406 g/mol. The van der Waals surface area contributed by atoms with Crippen LogP contribution in [0.4, 0.5) is 0 Å². The number of piperidine rings is 1. The Kier molecular flexibility index (Phi) is 8.17. The highest BCUT2D eigenvalue weighted by Crippen LogP contribution is 2.28. The molecule has 0 aromatic heterocycles. The second-order valence-electron chi connectivity index (χ2n) is 10.1. The van der Waals surface area contributed by atoms with Crippen molar-refractivity contribution in [3.05, 3.63) is 29.3 Å². The number of carbonyl (C=O) groups is 2. The number of likely N-dealkylation sites (tertiary alicyclic amines) is 2. The van der Waals surface area contributed by atoms with Crippen molar-refractivity contribution in [2.24, 2.45) is 0 Å². The summed E-state index contributed by atoms with van der Waals surface area (Å²) >= 11 is 0. The van der Waals surface area contributed by atoms with E-state index >= 15 is 0 Å². The third-order valence-corrected chi connectivity index (χ3v) is 6.69. The van der Waals surface area contributed by atoms with Gasteiger partial charge in [-0.1, -0.05) is 26.8 Å². The van der Waals surface area contributed by atoms with Crippen LogP contribution in [0.3, 0.4) is 0 Å². The molecule has 7 heteroatoms. The maximum Gasteiger partial charge on any atom is 0.255 e. The molecule has 1 aromatic rings. The van der Waals surface area contributed by atoms with Gasteiger partial charge in [-0.2, -0.15) is 0 Å². The molecule has 2 amide bonds. The van der Waals surface area contributed by atoms with Crippen LogP contribution < -0.4 is 5.32 Å². The zero-order valence-corrected chi connectivity index (χ0v) is 20.0. The highest BCUT2D eigenvalue weighted by atomic mass is 16.5. The van der Waals surface area contributed by atoms with E-state index in [1.54, 1.807) is 19.2 Å². The Bertz CT molecular complexity index is 799. The molecule has 2 aliphatic heterocycles. The van der Waals surface area contributed by atoms with Crippen molar-refractivity contribution in [3.63, 3.8) is 0 Å². The Labute approximate surface area is 192 Å². The number of phenols is 1. The predicted molar refractivity (Wildman–Crippen MR) is 125 cm³/mol. The summed E-state index contributed by atoms with van der Waals surface area (Å²) in [4.78, 5) is 29.5. The largest absolute Gasteiger partial charge is 0.507 e. The van der Waals surface area contributed by atoms with Gasteiger partial charge in [-0.3, -0.25) is 9.59 Å². The van der Waals surface area contributed by atoms with Crippen molar-refractivity contribution in [2.75, 3.05) is 39.8 Å². The number of aromatic hydroxyl groups is 1. The lowest BCUT2D eigenvalue weighted by molar-refractivity contribution is -0.130. The van der Waals surface area contributed by atoms with Gasteiger partial charge in [-0.05, 0) is 55.3 Å². The maximum absolute atomic E-state index is 12.9. The first-order valence-corrected chi connectivity index (χ1v) is 11.9. The lowest BCUT2D eigenvalue weighted by atomic mass is 9.86. The van der Waals surface area contributed by atoms with Gasteiger partial charge in [0.05, 0.1) is 17.7 Å². The molecule has 2 atom stereocenters. The molecule has 2 heterocycles. The van der Waals surface area contributed by atoms with Crippen LogP contribution in [0.15, 0.2) is 18.2 Å². The average molecular weight is 446 g/mol. The first-order valence-electron chi connectivity index (χ1n) is 11.9. The SMILES string of the molecule is COC1CN(CCCC(=O)N2CCCC2)CCC1NC(=O)c1cc(C(C)(C)C)ccc1O. The molecule has 32 heavy (non-hydrogen) atoms. The Balaban J connectivity index is 1.52. The summed E-state index contributed by atoms with van der Waals surface area (Å²) in [5, 5.41) is 13.3. The lowest BCUT2D eigenvalue weighted by Gasteiger charge is -2.38. The van der Waals surface area contributed by atoms with Crippen molar-refractivity contribution in [3.8, 4) is 5.75 Å². The molecular formula is C25H39N3O4. The summed E-state index contributed by atoms with van der Waals surface area (Å²) in [7, 11) is 1.67. The van der Waals surface area contributed by atoms with Crippen LogP contribution in [0, 0.1) is 0 Å². The Morgan fingerprint density at radius 2 is 1.91 bits per heavy atom. The predicted octanol–water partition coefficient (Wildman–Crippen LogP) is 2.91. The Morgan fingerprint density at radius 1 is 1.19 bits per heavy atom. The molecule has 0 radical (unpaired) electrons. The summed E-state index contributed by atoms with van der Waals surface area (Å²) in [6.45, 7) is 10.5. The summed E-state index contributed by atoms with van der Waals surface area (Å²) in [5.41, 5.74) is 1.19. The zero-order chi connectivity index (χ0) is 23.3. The number of rotatable bonds is 7. The summed E-state index contributed by atoms with van der Waals surface area (Å²) in [5.74, 6) is -0.0138. The van der Waals surface area contributed by atoms with Gasteiger partial charge >= 0.3 is 0 Å². The van der Waals surface area contributed by atoms with Gasteiger partial charge < -0.3 is 25.0 Å². The molecule has 1 aromatic carbocycles. The second-order valence-corrected chi connectivity index (χ2v) is 10.1. The molecule has 2 fully saturated rings. The van der Waals surface area contributed by atoms with E-state index in [4.69, 9.17) is 4.74 Å². The minimum absolute atomic E-state index is 0.00966. The van der Waals surface area contributed by atoms with Gasteiger partial charge in [0.25, 0.3) is 5.91 Å². The first-order chi connectivity index (χ1) is 15.2. The molecule has 2 N–H and O–H groups in total. The van der Waals surface area contributed by atoms with E-state index in [0.29, 0.717) is 18.5 Å². The fourth-order valence-corrected chi connectivity index (χ4v) is 4.60. The molecule has 0 saturated carbocycles. The molecule has 0 bridgehead atoms. The van der Waals surface area contributed by atoms with Gasteiger partial charge in [0.1, 0.15) is 5.75 Å². The van der Waals surface area contributed by atoms with Crippen LogP contribution in [0.1, 0.15) is 68.8 Å². The Hall–Kier alpha value is -2.12. The molecule has 7 nitrogen and oxygen atoms in total. The number of phenolic OH excluding ortho intramolecular Hbond substituents is 1. The third kappa shape index (κ3) is 6.23. The minimum atomic E-state index is -0.273. The normalized spacial score (nSPS) is 22.2. The minimum Gasteiger partial charge on any atom is -0.507 e. The number of carbonyl (C=O) groups excluding carboxylic acids is 2. The molecule has 2 unspecified atom stereocenters. The fraction of sp³-hybridized carbons (Fsp3) is 0.680. The van der Waals surface area contributed by atoms with E-state index in [-0.39, 0.29) is 35.1 Å². The highest BCUT2D eigenvalue weighted by molar-refractivity contribution is 5.97. The topological polar surface area (TPSA) is 82.1 Å². The number of amides is 2. The molecule has 178 valence electrons. The van der Waals surface area contributed by atoms with Crippen molar-refractivity contribution in [1.29, 1.82) is 0 Å². The van der Waals surface area contributed by atoms with Crippen molar-refractivity contribution in [2.45, 2.75) is 70.4 Å². The number of benzene rings is 1. The number of hydrogen-bond donors (Lipinski definition) is 2. The molecule has 0 spiro atoms. The van der Waals surface area contributed by atoms with Crippen molar-refractivity contribution >= 4 is 11.8 Å². The Morgan fingerprint density at radius 3 is 2.56 bits per heavy atom. The highest BCUT2D eigenvalue weighted by Gasteiger charge is 2.31. The summed E-state index contributed by atoms with van der Waals surface area (Å²) < 4.78 is 5.69. The summed E-state index contributed by atoms with van der Waals surface area (Å²) in [6, 6.07) is 5.11. The van der Waals surface area contributed by atoms with Gasteiger partial charge in [0.2, 0.25) is 5.91 Å². The van der Waals surface area contributed by atoms with Crippen LogP contribution in [0.2, 0.25) is 0 Å². The van der Waals surface area contributed by atoms with E-state index < -0.39 is 0 Å². The van der Waals surface area contributed by atoms with Gasteiger partial charge in [0, 0.05) is 39.7 Å². The molecule has 0 aliphatic carbocycles. The van der Waals surface area contributed by atoms with Crippen LogP contribution in [-0.2, 0) is 14.9 Å². The second kappa shape index (κ2) is 10.7. The van der Waals surface area contributed by atoms with Crippen LogP contribution >= 0.6 is 0 Å². The number of hydrogen-bond acceptors (Lipinski definition) is 5. The zero-order valence-electron chi connectivity index (χ0n) is 20.0. The van der Waals surface area contributed by atoms with E-state index in [1.807, 2.05) is 11.0 Å². The fourth-order valence-electron chi connectivity index (χ4n) is 4.60. The average Bonchev–Trinajstić information content (AvgIpc) is 3.29. The van der Waals surface area contributed by atoms with Crippen LogP contribution in [0.25, 0.3) is 0 Å². The molecule has 2 saturated heterocycles. The van der Waals surface area contributed by atoms with E-state index in [1.165, 1.54) is 0 Å². The van der Waals surface area contributed by atoms with Gasteiger partial charge in [-0.15, -0.1) is 0 Å². The molecule has 2 aliphatic rings. The maximum atomic E-state index is 12.9. The third-order valence-electron chi connectivity index (χ3n) is 6.69.